The van der Waals surface area contributed by atoms with Crippen molar-refractivity contribution >= 4 is 5.57 Å². The van der Waals surface area contributed by atoms with Gasteiger partial charge in [0.15, 0.2) is 0 Å². The third-order valence-corrected chi connectivity index (χ3v) is 3.98. The summed E-state index contributed by atoms with van der Waals surface area (Å²) in [7, 11) is 0. The average Bonchev–Trinajstić information content (AvgIpc) is 2.77. The van der Waals surface area contributed by atoms with Crippen molar-refractivity contribution in [2.45, 2.75) is 41.5 Å². The number of hydrogen-bond acceptors (Lipinski definition) is 0. The molecule has 0 nitrogen and oxygen atoms in total. The van der Waals surface area contributed by atoms with Gasteiger partial charge in [-0.05, 0) is 61.1 Å². The van der Waals surface area contributed by atoms with Crippen molar-refractivity contribution in [3.63, 3.8) is 0 Å². The molecule has 0 unspecified atom stereocenters. The van der Waals surface area contributed by atoms with E-state index < -0.39 is 0 Å². The quantitative estimate of drug-likeness (QED) is 0.366. The third kappa shape index (κ3) is 5.94. The van der Waals surface area contributed by atoms with E-state index in [0.29, 0.717) is 0 Å². The highest BCUT2D eigenvalue weighted by atomic mass is 14.1. The number of benzene rings is 1. The van der Waals surface area contributed by atoms with Crippen LogP contribution in [0.1, 0.15) is 44.9 Å². The Morgan fingerprint density at radius 3 is 2.58 bits per heavy atom. The van der Waals surface area contributed by atoms with Crippen molar-refractivity contribution < 1.29 is 0 Å². The van der Waals surface area contributed by atoms with Crippen molar-refractivity contribution in [3.05, 3.63) is 113 Å². The van der Waals surface area contributed by atoms with Crippen molar-refractivity contribution in [3.8, 4) is 0 Å². The molecule has 1 aliphatic rings. The molecule has 26 heavy (non-hydrogen) atoms. The first-order valence-electron chi connectivity index (χ1n) is 8.24. The van der Waals surface area contributed by atoms with Crippen molar-refractivity contribution in [2.24, 2.45) is 0 Å². The van der Waals surface area contributed by atoms with Gasteiger partial charge in [-0.2, -0.15) is 0 Å². The van der Waals surface area contributed by atoms with Crippen LogP contribution in [0.4, 0.5) is 0 Å². The van der Waals surface area contributed by atoms with Gasteiger partial charge in [0.2, 0.25) is 0 Å². The Kier molecular flexibility index (Phi) is 10.5. The Hall–Kier alpha value is -2.78. The maximum absolute atomic E-state index is 3.91. The minimum absolute atomic E-state index is 0. The standard InChI is InChI=1S/C24H24.2CH4/c1-5-11-22-16-10-14-20(4)24(22)23(12-6-2)18-17-21-15-9-7-8-13-19(21)3;;/h5-10,13-14,16-17H,1-2,11-12H2,3-4H3;2*1H4. The molecule has 0 radical (unpaired) electrons. The van der Waals surface area contributed by atoms with Crippen LogP contribution in [0.3, 0.4) is 0 Å². The summed E-state index contributed by atoms with van der Waals surface area (Å²) in [6.45, 7) is 12.0. The Morgan fingerprint density at radius 1 is 1.12 bits per heavy atom. The first-order chi connectivity index (χ1) is 11.7. The zero-order valence-electron chi connectivity index (χ0n) is 14.6. The zero-order chi connectivity index (χ0) is 17.4. The molecule has 0 aromatic heterocycles. The van der Waals surface area contributed by atoms with E-state index in [1.807, 2.05) is 36.5 Å². The monoisotopic (exact) mass is 344 g/mol. The lowest BCUT2D eigenvalue weighted by Gasteiger charge is -2.12. The van der Waals surface area contributed by atoms with Crippen LogP contribution in [0.2, 0.25) is 0 Å². The highest BCUT2D eigenvalue weighted by Crippen LogP contribution is 2.26. The van der Waals surface area contributed by atoms with E-state index in [9.17, 15) is 0 Å². The minimum Gasteiger partial charge on any atom is -0.115 e. The largest absolute Gasteiger partial charge is 0.115 e. The summed E-state index contributed by atoms with van der Waals surface area (Å²) < 4.78 is 0. The van der Waals surface area contributed by atoms with Gasteiger partial charge in [0.05, 0.1) is 0 Å². The molecule has 0 spiro atoms. The molecule has 0 atom stereocenters. The maximum Gasteiger partial charge on any atom is 0.0271 e. The van der Waals surface area contributed by atoms with Gasteiger partial charge in [-0.15, -0.1) is 24.6 Å². The first-order valence-corrected chi connectivity index (χ1v) is 8.24. The van der Waals surface area contributed by atoms with Gasteiger partial charge in [0.25, 0.3) is 0 Å². The zero-order valence-corrected chi connectivity index (χ0v) is 14.6. The molecule has 0 bridgehead atoms. The fourth-order valence-corrected chi connectivity index (χ4v) is 2.78. The maximum atomic E-state index is 3.91. The van der Waals surface area contributed by atoms with Crippen LogP contribution in [0, 0.1) is 6.92 Å². The summed E-state index contributed by atoms with van der Waals surface area (Å²) in [5.74, 6) is 0. The van der Waals surface area contributed by atoms with Gasteiger partial charge < -0.3 is 0 Å². The molecular weight excluding hydrogens is 312 g/mol. The minimum atomic E-state index is 0. The van der Waals surface area contributed by atoms with Crippen LogP contribution in [0.5, 0.6) is 0 Å². The van der Waals surface area contributed by atoms with Crippen LogP contribution < -0.4 is 0 Å². The van der Waals surface area contributed by atoms with Crippen LogP contribution in [0.15, 0.2) is 96.5 Å². The highest BCUT2D eigenvalue weighted by molar-refractivity contribution is 5.72. The molecule has 1 aromatic carbocycles. The smallest absolute Gasteiger partial charge is 0.0271 e. The fourth-order valence-electron chi connectivity index (χ4n) is 2.78. The fraction of sp³-hybridized carbons (Fsp3) is 0.231. The van der Waals surface area contributed by atoms with E-state index in [0.717, 1.165) is 24.0 Å². The second kappa shape index (κ2) is 11.7. The summed E-state index contributed by atoms with van der Waals surface area (Å²) in [6.07, 6.45) is 15.6. The second-order valence-corrected chi connectivity index (χ2v) is 5.82. The Morgan fingerprint density at radius 2 is 1.88 bits per heavy atom. The van der Waals surface area contributed by atoms with Crippen molar-refractivity contribution in [1.29, 1.82) is 0 Å². The SMILES string of the molecule is C.C.C=CCC(=C=CC1=C=CC=CC=C1C)c1c(C)cccc1CC=C. The number of hydrogen-bond donors (Lipinski definition) is 0. The van der Waals surface area contributed by atoms with Gasteiger partial charge in [-0.25, -0.2) is 0 Å². The predicted octanol–water partition coefficient (Wildman–Crippen LogP) is 7.71. The molecule has 0 heterocycles. The molecule has 0 heteroatoms. The summed E-state index contributed by atoms with van der Waals surface area (Å²) >= 11 is 0. The van der Waals surface area contributed by atoms with Gasteiger partial charge in [-0.3, -0.25) is 0 Å². The lowest BCUT2D eigenvalue weighted by atomic mass is 9.91. The van der Waals surface area contributed by atoms with Crippen LogP contribution in [-0.2, 0) is 6.42 Å². The van der Waals surface area contributed by atoms with E-state index in [1.165, 1.54) is 22.3 Å². The molecule has 0 fully saturated rings. The second-order valence-electron chi connectivity index (χ2n) is 5.82. The molecule has 0 amide bonds. The van der Waals surface area contributed by atoms with E-state index >= 15 is 0 Å². The molecule has 0 aliphatic heterocycles. The average molecular weight is 345 g/mol. The Balaban J connectivity index is 0.00000312. The summed E-state index contributed by atoms with van der Waals surface area (Å²) in [5, 5.41) is 0. The van der Waals surface area contributed by atoms with Crippen molar-refractivity contribution in [1.82, 2.24) is 0 Å². The molecule has 2 rings (SSSR count). The molecule has 136 valence electrons. The topological polar surface area (TPSA) is 0 Å². The lowest BCUT2D eigenvalue weighted by molar-refractivity contribution is 1.21. The van der Waals surface area contributed by atoms with E-state index in [-0.39, 0.29) is 14.9 Å². The molecule has 1 aromatic rings. The van der Waals surface area contributed by atoms with E-state index in [4.69, 9.17) is 0 Å². The van der Waals surface area contributed by atoms with E-state index in [2.05, 4.69) is 62.7 Å². The normalized spacial score (nSPS) is 11.6. The molecule has 1 aliphatic carbocycles. The number of allylic oxidation sites excluding steroid dienone is 8. The Bertz CT molecular complexity index is 825. The summed E-state index contributed by atoms with van der Waals surface area (Å²) in [5.41, 5.74) is 14.0. The predicted molar refractivity (Wildman–Crippen MR) is 119 cm³/mol. The summed E-state index contributed by atoms with van der Waals surface area (Å²) in [4.78, 5) is 0. The highest BCUT2D eigenvalue weighted by Gasteiger charge is 2.09. The Labute approximate surface area is 160 Å². The van der Waals surface area contributed by atoms with Crippen LogP contribution in [0.25, 0.3) is 5.57 Å². The van der Waals surface area contributed by atoms with Gasteiger partial charge in [0.1, 0.15) is 0 Å². The first kappa shape index (κ1) is 23.2. The lowest BCUT2D eigenvalue weighted by Crippen LogP contribution is -1.95. The van der Waals surface area contributed by atoms with Gasteiger partial charge >= 0.3 is 0 Å². The molecular formula is C26H32. The molecule has 0 N–H and O–H groups in total. The number of rotatable bonds is 6. The molecule has 0 saturated heterocycles. The number of aryl methyl sites for hydroxylation is 1. The summed E-state index contributed by atoms with van der Waals surface area (Å²) in [6, 6.07) is 6.41. The van der Waals surface area contributed by atoms with Gasteiger partial charge in [0, 0.05) is 11.1 Å². The van der Waals surface area contributed by atoms with Crippen LogP contribution >= 0.6 is 0 Å². The van der Waals surface area contributed by atoms with Gasteiger partial charge in [-0.1, -0.05) is 63.4 Å². The van der Waals surface area contributed by atoms with Crippen LogP contribution in [-0.4, -0.2) is 0 Å². The molecule has 0 saturated carbocycles. The third-order valence-electron chi connectivity index (χ3n) is 3.98. The van der Waals surface area contributed by atoms with Crippen molar-refractivity contribution in [2.75, 3.05) is 0 Å². The van der Waals surface area contributed by atoms with E-state index in [1.54, 1.807) is 0 Å².